The smallest absolute Gasteiger partial charge is 0.387 e. The summed E-state index contributed by atoms with van der Waals surface area (Å²) in [5.74, 6) is -2.55. The van der Waals surface area contributed by atoms with Gasteiger partial charge in [0.05, 0.1) is 22.3 Å². The molecule has 1 fully saturated rings. The molecule has 3 aromatic rings. The number of nitrogens with zero attached hydrogens (tertiary/aromatic N) is 3. The van der Waals surface area contributed by atoms with Crippen LogP contribution in [0.5, 0.6) is 11.5 Å². The number of ether oxygens (including phenoxy) is 2. The molecule has 16 heteroatoms. The average molecular weight is 821 g/mol. The molecule has 4 amide bonds. The Labute approximate surface area is 334 Å². The van der Waals surface area contributed by atoms with E-state index in [1.165, 1.54) is 54.5 Å². The Morgan fingerprint density at radius 2 is 1.61 bits per heavy atom. The van der Waals surface area contributed by atoms with Crippen molar-refractivity contribution in [2.75, 3.05) is 31.6 Å². The lowest BCUT2D eigenvalue weighted by Crippen LogP contribution is -2.46. The van der Waals surface area contributed by atoms with E-state index < -0.39 is 42.1 Å². The highest BCUT2D eigenvalue weighted by Crippen LogP contribution is 2.37. The maximum absolute atomic E-state index is 14.7. The van der Waals surface area contributed by atoms with Crippen LogP contribution in [-0.2, 0) is 16.1 Å². The van der Waals surface area contributed by atoms with Crippen LogP contribution >= 0.6 is 23.2 Å². The number of rotatable bonds is 18. The summed E-state index contributed by atoms with van der Waals surface area (Å²) >= 11 is 12.2. The second-order valence-electron chi connectivity index (χ2n) is 14.1. The highest BCUT2D eigenvalue weighted by molar-refractivity contribution is 6.39. The van der Waals surface area contributed by atoms with Crippen LogP contribution in [-0.4, -0.2) is 77.3 Å². The fourth-order valence-electron chi connectivity index (χ4n) is 7.16. The molecular formula is C40H46Cl2F3N5O6. The number of aromatic nitrogens is 1. The molecule has 0 bridgehead atoms. The van der Waals surface area contributed by atoms with Gasteiger partial charge < -0.3 is 24.6 Å². The number of halogens is 5. The molecule has 0 radical (unpaired) electrons. The third-order valence-corrected chi connectivity index (χ3v) is 10.7. The zero-order chi connectivity index (χ0) is 40.4. The molecule has 1 unspecified atom stereocenters. The number of unbranched alkanes of at least 4 members (excludes halogenated alkanes) is 6. The van der Waals surface area contributed by atoms with Crippen LogP contribution in [0.25, 0.3) is 0 Å². The van der Waals surface area contributed by atoms with Crippen LogP contribution in [0.3, 0.4) is 0 Å². The first-order valence-electron chi connectivity index (χ1n) is 18.8. The molecule has 3 heterocycles. The second-order valence-corrected chi connectivity index (χ2v) is 14.9. The number of benzene rings is 2. The first-order chi connectivity index (χ1) is 26.8. The van der Waals surface area contributed by atoms with Crippen LogP contribution < -0.4 is 20.1 Å². The lowest BCUT2D eigenvalue weighted by atomic mass is 9.85. The molecule has 2 aliphatic heterocycles. The Morgan fingerprint density at radius 3 is 2.27 bits per heavy atom. The number of likely N-dealkylation sites (tertiary alicyclic amines) is 1. The number of hydrogen-bond donors (Lipinski definition) is 2. The quantitative estimate of drug-likeness (QED) is 0.123. The van der Waals surface area contributed by atoms with Crippen molar-refractivity contribution in [3.05, 3.63) is 80.8 Å². The van der Waals surface area contributed by atoms with Crippen molar-refractivity contribution in [3.8, 4) is 11.5 Å². The first kappa shape index (κ1) is 42.7. The Balaban J connectivity index is 0.988. The van der Waals surface area contributed by atoms with Gasteiger partial charge in [0.15, 0.2) is 11.5 Å². The largest absolute Gasteiger partial charge is 0.490 e. The fourth-order valence-corrected chi connectivity index (χ4v) is 7.62. The van der Waals surface area contributed by atoms with Gasteiger partial charge in [0.2, 0.25) is 11.8 Å². The van der Waals surface area contributed by atoms with E-state index in [0.717, 1.165) is 82.1 Å². The van der Waals surface area contributed by atoms with Gasteiger partial charge >= 0.3 is 6.61 Å². The van der Waals surface area contributed by atoms with Crippen molar-refractivity contribution in [2.45, 2.75) is 96.8 Å². The van der Waals surface area contributed by atoms with E-state index in [2.05, 4.69) is 25.3 Å². The van der Waals surface area contributed by atoms with Crippen molar-refractivity contribution >= 4 is 52.5 Å². The molecule has 302 valence electrons. The highest BCUT2D eigenvalue weighted by atomic mass is 35.5. The van der Waals surface area contributed by atoms with Crippen LogP contribution in [0.4, 0.5) is 18.9 Å². The van der Waals surface area contributed by atoms with E-state index in [4.69, 9.17) is 27.9 Å². The van der Waals surface area contributed by atoms with Gasteiger partial charge in [-0.25, -0.2) is 4.39 Å². The van der Waals surface area contributed by atoms with Gasteiger partial charge in [-0.1, -0.05) is 55.3 Å². The molecule has 0 aliphatic carbocycles. The molecule has 1 aromatic heterocycles. The van der Waals surface area contributed by atoms with Crippen molar-refractivity contribution in [2.24, 2.45) is 0 Å². The Bertz CT molecular complexity index is 1870. The van der Waals surface area contributed by atoms with E-state index in [-0.39, 0.29) is 57.4 Å². The molecule has 2 N–H and O–H groups in total. The summed E-state index contributed by atoms with van der Waals surface area (Å²) in [6.07, 6.45) is 11.2. The third kappa shape index (κ3) is 11.3. The molecular weight excluding hydrogens is 774 g/mol. The number of alkyl halides is 2. The number of carbonyl (C=O) groups is 4. The number of carbonyl (C=O) groups excluding carboxylic acids is 4. The summed E-state index contributed by atoms with van der Waals surface area (Å²) in [5.41, 5.74) is 2.20. The van der Waals surface area contributed by atoms with E-state index in [1.54, 1.807) is 6.92 Å². The van der Waals surface area contributed by atoms with E-state index >= 15 is 0 Å². The Kier molecular flexibility index (Phi) is 15.4. The average Bonchev–Trinajstić information content (AvgIpc) is 3.48. The number of pyridine rings is 1. The summed E-state index contributed by atoms with van der Waals surface area (Å²) in [4.78, 5) is 57.5. The van der Waals surface area contributed by atoms with Gasteiger partial charge in [-0.2, -0.15) is 8.78 Å². The minimum atomic E-state index is -3.06. The lowest BCUT2D eigenvalue weighted by Gasteiger charge is -2.33. The molecule has 2 aromatic carbocycles. The Hall–Kier alpha value is -4.40. The Morgan fingerprint density at radius 1 is 0.946 bits per heavy atom. The lowest BCUT2D eigenvalue weighted by molar-refractivity contribution is -0.132. The minimum absolute atomic E-state index is 0.0260. The maximum Gasteiger partial charge on any atom is 0.387 e. The van der Waals surface area contributed by atoms with Gasteiger partial charge in [0, 0.05) is 37.0 Å². The predicted octanol–water partition coefficient (Wildman–Crippen LogP) is 8.38. The van der Waals surface area contributed by atoms with Crippen molar-refractivity contribution < 1.29 is 41.8 Å². The summed E-state index contributed by atoms with van der Waals surface area (Å²) in [5, 5.41) is 5.12. The zero-order valence-corrected chi connectivity index (χ0v) is 32.9. The van der Waals surface area contributed by atoms with Crippen LogP contribution in [0.15, 0.2) is 42.7 Å². The van der Waals surface area contributed by atoms with Crippen molar-refractivity contribution in [3.63, 3.8) is 0 Å². The van der Waals surface area contributed by atoms with Crippen LogP contribution in [0.1, 0.15) is 109 Å². The molecule has 1 atom stereocenters. The van der Waals surface area contributed by atoms with Gasteiger partial charge in [0.25, 0.3) is 11.8 Å². The normalized spacial score (nSPS) is 15.1. The van der Waals surface area contributed by atoms with E-state index in [1.807, 2.05) is 0 Å². The number of fused-ring (bicyclic) bond motifs is 1. The van der Waals surface area contributed by atoms with E-state index in [0.29, 0.717) is 6.42 Å². The monoisotopic (exact) mass is 819 g/mol. The van der Waals surface area contributed by atoms with Gasteiger partial charge in [-0.3, -0.25) is 29.5 Å². The highest BCUT2D eigenvalue weighted by Gasteiger charge is 2.37. The number of nitrogens with one attached hydrogen (secondary N) is 2. The number of amides is 4. The maximum atomic E-state index is 14.7. The van der Waals surface area contributed by atoms with E-state index in [9.17, 15) is 32.3 Å². The first-order valence-corrected chi connectivity index (χ1v) is 19.6. The SMILES string of the molecule is CC(=O)NC(=O)C(C)N1Cc2c(cc(F)cc2C2CCN(CCCCCCCCCOc3cc(C(=O)Nc4c(Cl)cncc4Cl)ccc3OC(F)F)CC2)C1=O. The molecule has 0 saturated carbocycles. The van der Waals surface area contributed by atoms with Gasteiger partial charge in [-0.15, -0.1) is 0 Å². The summed E-state index contributed by atoms with van der Waals surface area (Å²) in [7, 11) is 0. The number of anilines is 1. The minimum Gasteiger partial charge on any atom is -0.490 e. The van der Waals surface area contributed by atoms with Crippen LogP contribution in [0, 0.1) is 5.82 Å². The van der Waals surface area contributed by atoms with Gasteiger partial charge in [0.1, 0.15) is 11.9 Å². The zero-order valence-electron chi connectivity index (χ0n) is 31.4. The second kappa shape index (κ2) is 20.1. The summed E-state index contributed by atoms with van der Waals surface area (Å²) < 4.78 is 51.2. The summed E-state index contributed by atoms with van der Waals surface area (Å²) in [6.45, 7) is 2.91. The molecule has 5 rings (SSSR count). The standard InChI is InChI=1S/C40H46Cl2F3N5O6/c1-24(37(52)47-25(2)51)50-23-31-29(19-28(43)20-30(31)39(50)54)26-12-15-49(16-13-26)14-8-6-4-3-5-7-9-17-55-35-18-27(10-11-34(35)56-40(44)45)38(53)48-36-32(41)21-46-22-33(36)42/h10-11,18-22,24,26,40H,3-9,12-17,23H2,1-2H3,(H,46,48,53)(H,47,51,52). The number of hydrogen-bond acceptors (Lipinski definition) is 8. The molecule has 0 spiro atoms. The number of piperidine rings is 1. The number of imide groups is 1. The van der Waals surface area contributed by atoms with Crippen LogP contribution in [0.2, 0.25) is 10.0 Å². The van der Waals surface area contributed by atoms with Crippen molar-refractivity contribution in [1.29, 1.82) is 0 Å². The molecule has 1 saturated heterocycles. The predicted molar refractivity (Wildman–Crippen MR) is 206 cm³/mol. The molecule has 11 nitrogen and oxygen atoms in total. The third-order valence-electron chi connectivity index (χ3n) is 10.1. The summed E-state index contributed by atoms with van der Waals surface area (Å²) in [6, 6.07) is 5.84. The molecule has 2 aliphatic rings. The molecule has 56 heavy (non-hydrogen) atoms. The topological polar surface area (TPSA) is 130 Å². The van der Waals surface area contributed by atoms with Crippen molar-refractivity contribution in [1.82, 2.24) is 20.1 Å². The van der Waals surface area contributed by atoms with Gasteiger partial charge in [-0.05, 0) is 99.6 Å². The fraction of sp³-hybridized carbons (Fsp3) is 0.475.